The van der Waals surface area contributed by atoms with Gasteiger partial charge < -0.3 is 14.5 Å². The summed E-state index contributed by atoms with van der Waals surface area (Å²) < 4.78 is 41.3. The molecule has 2 heterocycles. The van der Waals surface area contributed by atoms with Crippen molar-refractivity contribution in [3.05, 3.63) is 83.5 Å². The molecule has 0 saturated carbocycles. The number of ether oxygens (including phenoxy) is 1. The maximum absolute atomic E-state index is 13.0. The first-order chi connectivity index (χ1) is 14.9. The summed E-state index contributed by atoms with van der Waals surface area (Å²) in [6, 6.07) is 15.4. The number of aromatic nitrogens is 1. The highest BCUT2D eigenvalue weighted by Crippen LogP contribution is 2.34. The number of aryl methyl sites for hydroxylation is 2. The average Bonchev–Trinajstić information content (AvgIpc) is 3.12. The molecule has 2 aromatic carbocycles. The van der Waals surface area contributed by atoms with Crippen molar-refractivity contribution < 1.29 is 26.8 Å². The predicted molar refractivity (Wildman–Crippen MR) is 113 cm³/mol. The number of hydrogen-bond donors (Lipinski definition) is 1. The minimum Gasteiger partial charge on any atom is -0.461 e. The molecule has 0 saturated heterocycles. The third-order valence-corrected chi connectivity index (χ3v) is 4.20. The largest absolute Gasteiger partial charge is 0.461 e. The number of hydrogen-bond acceptors (Lipinski definition) is 6. The Morgan fingerprint density at radius 2 is 1.77 bits per heavy atom. The number of carbonyl (C=O) groups excluding carboxylic acids is 1. The normalized spacial score (nSPS) is 10.2. The molecule has 0 aliphatic heterocycles. The van der Waals surface area contributed by atoms with E-state index in [2.05, 4.69) is 10.3 Å². The summed E-state index contributed by atoms with van der Waals surface area (Å²) in [5.41, 5.74) is 2.01. The first-order valence-electron chi connectivity index (χ1n) is 9.03. The lowest BCUT2D eigenvalue weighted by atomic mass is 10.1. The second kappa shape index (κ2) is 9.77. The number of pyridine rings is 1. The van der Waals surface area contributed by atoms with Gasteiger partial charge in [0.25, 0.3) is 5.91 Å². The summed E-state index contributed by atoms with van der Waals surface area (Å²) in [6.45, 7) is 3.83. The Kier molecular flexibility index (Phi) is 6.88. The average molecular weight is 440 g/mol. The molecule has 2 aromatic heterocycles. The fraction of sp³-hybridized carbons (Fsp3) is 0.0909. The van der Waals surface area contributed by atoms with Gasteiger partial charge in [-0.05, 0) is 56.3 Å². The lowest BCUT2D eigenvalue weighted by Crippen LogP contribution is -2.13. The van der Waals surface area contributed by atoms with E-state index in [-0.39, 0.29) is 5.82 Å². The fourth-order valence-corrected chi connectivity index (χ4v) is 2.82. The Morgan fingerprint density at radius 1 is 1.06 bits per heavy atom. The summed E-state index contributed by atoms with van der Waals surface area (Å²) in [5.74, 6) is 1.26. The van der Waals surface area contributed by atoms with Gasteiger partial charge in [-0.3, -0.25) is 4.79 Å². The van der Waals surface area contributed by atoms with Crippen LogP contribution < -0.4 is 10.1 Å². The van der Waals surface area contributed by atoms with E-state index < -0.39 is 23.3 Å². The number of benzene rings is 2. The molecule has 0 bridgehead atoms. The summed E-state index contributed by atoms with van der Waals surface area (Å²) in [4.78, 5) is 16.5. The monoisotopic (exact) mass is 440 g/mol. The van der Waals surface area contributed by atoms with Crippen LogP contribution in [0.1, 0.15) is 21.7 Å². The zero-order chi connectivity index (χ0) is 22.4. The predicted octanol–water partition coefficient (Wildman–Crippen LogP) is 4.96. The highest BCUT2D eigenvalue weighted by Gasteiger charge is 2.15. The zero-order valence-electron chi connectivity index (χ0n) is 16.5. The van der Waals surface area contributed by atoms with Gasteiger partial charge in [-0.2, -0.15) is 8.42 Å². The Hall–Kier alpha value is -3.85. The van der Waals surface area contributed by atoms with E-state index >= 15 is 0 Å². The second-order valence-corrected chi connectivity index (χ2v) is 6.68. The Morgan fingerprint density at radius 3 is 2.42 bits per heavy atom. The van der Waals surface area contributed by atoms with Gasteiger partial charge in [0.05, 0.1) is 11.6 Å². The van der Waals surface area contributed by atoms with Gasteiger partial charge in [0.2, 0.25) is 0 Å². The second-order valence-electron chi connectivity index (χ2n) is 6.54. The minimum atomic E-state index is -0.750. The van der Waals surface area contributed by atoms with Crippen molar-refractivity contribution in [1.82, 2.24) is 4.98 Å². The standard InChI is InChI=1S/C22H17FN2O3.O2S/c1-13-3-6-17(7-4-13)28-20-11-15(10-19-18(20)9-14(2)27-19)22(26)25-21-8-5-16(23)12-24-21;1-3-2/h3-12H,1-2H3,(H,24,25,26);. The van der Waals surface area contributed by atoms with Crippen LogP contribution in [0.5, 0.6) is 11.5 Å². The molecule has 1 amide bonds. The van der Waals surface area contributed by atoms with Gasteiger partial charge in [0, 0.05) is 5.56 Å². The minimum absolute atomic E-state index is 0.253. The molecule has 0 fully saturated rings. The van der Waals surface area contributed by atoms with Crippen molar-refractivity contribution in [3.8, 4) is 11.5 Å². The maximum Gasteiger partial charge on any atom is 0.335 e. The quantitative estimate of drug-likeness (QED) is 0.482. The van der Waals surface area contributed by atoms with Gasteiger partial charge in [0.15, 0.2) is 0 Å². The molecule has 0 atom stereocenters. The molecule has 158 valence electrons. The molecule has 4 rings (SSSR count). The van der Waals surface area contributed by atoms with Crippen LogP contribution in [0.25, 0.3) is 11.0 Å². The third-order valence-electron chi connectivity index (χ3n) is 4.20. The Balaban J connectivity index is 0.000000858. The highest BCUT2D eigenvalue weighted by molar-refractivity contribution is 7.51. The van der Waals surface area contributed by atoms with E-state index in [9.17, 15) is 9.18 Å². The fourth-order valence-electron chi connectivity index (χ4n) is 2.82. The van der Waals surface area contributed by atoms with Gasteiger partial charge in [-0.25, -0.2) is 9.37 Å². The third kappa shape index (κ3) is 5.61. The number of carbonyl (C=O) groups is 1. The number of rotatable bonds is 4. The molecule has 9 heteroatoms. The van der Waals surface area contributed by atoms with Crippen molar-refractivity contribution in [3.63, 3.8) is 0 Å². The van der Waals surface area contributed by atoms with Crippen LogP contribution in [0.3, 0.4) is 0 Å². The topological polar surface area (TPSA) is 98.5 Å². The molecule has 0 radical (unpaired) electrons. The summed E-state index contributed by atoms with van der Waals surface area (Å²) in [6.07, 6.45) is 1.04. The number of furan rings is 1. The molecular weight excluding hydrogens is 423 g/mol. The number of amides is 1. The number of fused-ring (bicyclic) bond motifs is 1. The number of nitrogens with zero attached hydrogens (tertiary/aromatic N) is 1. The van der Waals surface area contributed by atoms with E-state index in [1.54, 1.807) is 12.1 Å². The summed E-state index contributed by atoms with van der Waals surface area (Å²) in [7, 11) is 0. The van der Waals surface area contributed by atoms with Crippen molar-refractivity contribution >= 4 is 34.3 Å². The van der Waals surface area contributed by atoms with Crippen LogP contribution in [0.2, 0.25) is 0 Å². The molecule has 7 nitrogen and oxygen atoms in total. The Bertz CT molecular complexity index is 1250. The van der Waals surface area contributed by atoms with Crippen LogP contribution >= 0.6 is 0 Å². The highest BCUT2D eigenvalue weighted by atomic mass is 32.1. The van der Waals surface area contributed by atoms with Gasteiger partial charge in [-0.15, -0.1) is 0 Å². The number of nitrogens with one attached hydrogen (secondary N) is 1. The zero-order valence-corrected chi connectivity index (χ0v) is 17.4. The molecule has 0 aliphatic rings. The van der Waals surface area contributed by atoms with E-state index in [0.717, 1.165) is 17.1 Å². The van der Waals surface area contributed by atoms with E-state index in [1.165, 1.54) is 12.1 Å². The molecule has 4 aromatic rings. The van der Waals surface area contributed by atoms with E-state index in [4.69, 9.17) is 17.6 Å². The van der Waals surface area contributed by atoms with Crippen LogP contribution in [-0.4, -0.2) is 19.3 Å². The molecule has 31 heavy (non-hydrogen) atoms. The molecule has 0 spiro atoms. The van der Waals surface area contributed by atoms with Gasteiger partial charge in [0.1, 0.15) is 34.5 Å². The summed E-state index contributed by atoms with van der Waals surface area (Å²) in [5, 5.41) is 3.41. The van der Waals surface area contributed by atoms with Crippen LogP contribution in [-0.2, 0) is 11.6 Å². The van der Waals surface area contributed by atoms with Gasteiger partial charge >= 0.3 is 11.6 Å². The Labute approximate surface area is 180 Å². The van der Waals surface area contributed by atoms with E-state index in [0.29, 0.717) is 28.4 Å². The smallest absolute Gasteiger partial charge is 0.335 e. The van der Waals surface area contributed by atoms with Crippen molar-refractivity contribution in [2.24, 2.45) is 0 Å². The molecule has 0 unspecified atom stereocenters. The van der Waals surface area contributed by atoms with Gasteiger partial charge in [-0.1, -0.05) is 17.7 Å². The van der Waals surface area contributed by atoms with Crippen molar-refractivity contribution in [2.45, 2.75) is 13.8 Å². The molecule has 1 N–H and O–H groups in total. The van der Waals surface area contributed by atoms with E-state index in [1.807, 2.05) is 44.2 Å². The summed E-state index contributed by atoms with van der Waals surface area (Å²) >= 11 is -0.750. The van der Waals surface area contributed by atoms with Crippen LogP contribution in [0, 0.1) is 19.7 Å². The molecular formula is C22H17FN2O5S. The van der Waals surface area contributed by atoms with Crippen molar-refractivity contribution in [1.29, 1.82) is 0 Å². The first kappa shape index (κ1) is 21.8. The SMILES string of the molecule is Cc1ccc(Oc2cc(C(=O)Nc3ccc(F)cn3)cc3oc(C)cc23)cc1.O=S=O. The lowest BCUT2D eigenvalue weighted by Gasteiger charge is -2.10. The number of halogens is 1. The maximum atomic E-state index is 13.0. The first-order valence-corrected chi connectivity index (χ1v) is 9.69. The number of anilines is 1. The lowest BCUT2D eigenvalue weighted by molar-refractivity contribution is 0.102. The molecule has 0 aliphatic carbocycles. The van der Waals surface area contributed by atoms with Crippen LogP contribution in [0.4, 0.5) is 10.2 Å². The van der Waals surface area contributed by atoms with Crippen LogP contribution in [0.15, 0.2) is 65.2 Å². The van der Waals surface area contributed by atoms with Crippen molar-refractivity contribution in [2.75, 3.05) is 5.32 Å².